The zero-order chi connectivity index (χ0) is 25.3. The smallest absolute Gasteiger partial charge is 0.343 e. The van der Waals surface area contributed by atoms with E-state index < -0.39 is 5.97 Å². The number of nitrogens with zero attached hydrogens (tertiary/aromatic N) is 1. The van der Waals surface area contributed by atoms with Gasteiger partial charge in [0.1, 0.15) is 18.1 Å². The molecule has 0 atom stereocenters. The molecule has 0 radical (unpaired) electrons. The van der Waals surface area contributed by atoms with Gasteiger partial charge in [-0.1, -0.05) is 47.5 Å². The van der Waals surface area contributed by atoms with Crippen LogP contribution in [0.15, 0.2) is 102 Å². The standard InChI is InChI=1S/C28H20Cl2N2O4/c29-23-11-8-22(26(30)16-23)18-35-24-14-9-20(10-15-24)27(33)32-31-17-19-6-12-25(13-7-19)36-28(34)21-4-2-1-3-5-21/h1-17H,18H2,(H,32,33)/b31-17-. The molecule has 0 bridgehead atoms. The molecule has 8 heteroatoms. The Kier molecular flexibility index (Phi) is 8.34. The Hall–Kier alpha value is -4.13. The number of benzene rings is 4. The minimum absolute atomic E-state index is 0.274. The molecule has 4 aromatic rings. The molecule has 4 aromatic carbocycles. The van der Waals surface area contributed by atoms with Crippen molar-refractivity contribution >= 4 is 41.3 Å². The highest BCUT2D eigenvalue weighted by Gasteiger charge is 2.08. The Morgan fingerprint density at radius 2 is 1.50 bits per heavy atom. The number of hydrazone groups is 1. The molecule has 0 aliphatic carbocycles. The quantitative estimate of drug-likeness (QED) is 0.124. The van der Waals surface area contributed by atoms with Crippen molar-refractivity contribution in [2.75, 3.05) is 0 Å². The number of carbonyl (C=O) groups excluding carboxylic acids is 2. The summed E-state index contributed by atoms with van der Waals surface area (Å²) in [6.45, 7) is 0.274. The maximum Gasteiger partial charge on any atom is 0.343 e. The zero-order valence-electron chi connectivity index (χ0n) is 18.9. The van der Waals surface area contributed by atoms with Crippen molar-refractivity contribution in [1.29, 1.82) is 0 Å². The van der Waals surface area contributed by atoms with E-state index in [1.807, 2.05) is 6.07 Å². The minimum atomic E-state index is -0.436. The third kappa shape index (κ3) is 6.95. The Morgan fingerprint density at radius 1 is 0.806 bits per heavy atom. The maximum atomic E-state index is 12.4. The Bertz CT molecular complexity index is 1370. The van der Waals surface area contributed by atoms with Crippen molar-refractivity contribution in [1.82, 2.24) is 5.43 Å². The first-order chi connectivity index (χ1) is 17.5. The van der Waals surface area contributed by atoms with E-state index in [1.54, 1.807) is 91.0 Å². The summed E-state index contributed by atoms with van der Waals surface area (Å²) < 4.78 is 11.1. The lowest BCUT2D eigenvalue weighted by Gasteiger charge is -2.08. The summed E-state index contributed by atoms with van der Waals surface area (Å²) in [6, 6.07) is 27.4. The number of hydrogen-bond donors (Lipinski definition) is 1. The van der Waals surface area contributed by atoms with Crippen molar-refractivity contribution in [2.45, 2.75) is 6.61 Å². The lowest BCUT2D eigenvalue weighted by atomic mass is 10.2. The minimum Gasteiger partial charge on any atom is -0.489 e. The number of esters is 1. The average molecular weight is 519 g/mol. The molecule has 0 aliphatic rings. The van der Waals surface area contributed by atoms with E-state index in [4.69, 9.17) is 32.7 Å². The second kappa shape index (κ2) is 12.0. The molecule has 6 nitrogen and oxygen atoms in total. The van der Waals surface area contributed by atoms with Crippen LogP contribution < -0.4 is 14.9 Å². The molecule has 0 heterocycles. The number of hydrogen-bond acceptors (Lipinski definition) is 5. The molecule has 1 N–H and O–H groups in total. The second-order valence-electron chi connectivity index (χ2n) is 7.57. The highest BCUT2D eigenvalue weighted by Crippen LogP contribution is 2.23. The normalized spacial score (nSPS) is 10.7. The van der Waals surface area contributed by atoms with E-state index in [0.29, 0.717) is 32.7 Å². The summed E-state index contributed by atoms with van der Waals surface area (Å²) in [5.74, 6) is 0.196. The van der Waals surface area contributed by atoms with Gasteiger partial charge in [0.2, 0.25) is 0 Å². The van der Waals surface area contributed by atoms with Gasteiger partial charge in [0.25, 0.3) is 5.91 Å². The summed E-state index contributed by atoms with van der Waals surface area (Å²) >= 11 is 12.1. The number of carbonyl (C=O) groups is 2. The summed E-state index contributed by atoms with van der Waals surface area (Å²) in [5, 5.41) is 5.07. The predicted molar refractivity (Wildman–Crippen MR) is 140 cm³/mol. The van der Waals surface area contributed by atoms with Gasteiger partial charge >= 0.3 is 5.97 Å². The first kappa shape index (κ1) is 25.0. The molecule has 0 fully saturated rings. The van der Waals surface area contributed by atoms with Gasteiger partial charge in [0.15, 0.2) is 0 Å². The molecule has 0 aromatic heterocycles. The average Bonchev–Trinajstić information content (AvgIpc) is 2.90. The van der Waals surface area contributed by atoms with Crippen molar-refractivity contribution < 1.29 is 19.1 Å². The van der Waals surface area contributed by atoms with E-state index in [2.05, 4.69) is 10.5 Å². The van der Waals surface area contributed by atoms with E-state index >= 15 is 0 Å². The molecule has 180 valence electrons. The molecule has 0 saturated heterocycles. The predicted octanol–water partition coefficient (Wildman–Crippen LogP) is 6.56. The van der Waals surface area contributed by atoms with E-state index in [0.717, 1.165) is 11.1 Å². The lowest BCUT2D eigenvalue weighted by molar-refractivity contribution is 0.0734. The van der Waals surface area contributed by atoms with Gasteiger partial charge in [-0.15, -0.1) is 0 Å². The molecule has 4 rings (SSSR count). The molecular formula is C28H20Cl2N2O4. The van der Waals surface area contributed by atoms with E-state index in [-0.39, 0.29) is 12.5 Å². The van der Waals surface area contributed by atoms with Crippen molar-refractivity contribution in [3.05, 3.63) is 129 Å². The summed E-state index contributed by atoms with van der Waals surface area (Å²) in [6.07, 6.45) is 1.49. The molecule has 0 spiro atoms. The molecular weight excluding hydrogens is 499 g/mol. The monoisotopic (exact) mass is 518 g/mol. The van der Waals surface area contributed by atoms with Gasteiger partial charge < -0.3 is 9.47 Å². The van der Waals surface area contributed by atoms with Gasteiger partial charge in [-0.3, -0.25) is 4.79 Å². The van der Waals surface area contributed by atoms with Crippen molar-refractivity contribution in [3.8, 4) is 11.5 Å². The van der Waals surface area contributed by atoms with Crippen LogP contribution in [0.2, 0.25) is 10.0 Å². The van der Waals surface area contributed by atoms with E-state index in [1.165, 1.54) is 6.21 Å². The number of amides is 1. The highest BCUT2D eigenvalue weighted by molar-refractivity contribution is 6.35. The van der Waals surface area contributed by atoms with Gasteiger partial charge in [-0.25, -0.2) is 10.2 Å². The molecule has 0 aliphatic heterocycles. The molecule has 36 heavy (non-hydrogen) atoms. The van der Waals surface area contributed by atoms with Gasteiger partial charge in [0.05, 0.1) is 11.8 Å². The number of rotatable bonds is 8. The topological polar surface area (TPSA) is 77.0 Å². The van der Waals surface area contributed by atoms with Crippen LogP contribution in [0.3, 0.4) is 0 Å². The Labute approximate surface area is 218 Å². The van der Waals surface area contributed by atoms with Crippen LogP contribution in [-0.2, 0) is 6.61 Å². The van der Waals surface area contributed by atoms with Crippen LogP contribution in [-0.4, -0.2) is 18.1 Å². The summed E-state index contributed by atoms with van der Waals surface area (Å²) in [7, 11) is 0. The third-order valence-corrected chi connectivity index (χ3v) is 5.59. The summed E-state index contributed by atoms with van der Waals surface area (Å²) in [5.41, 5.74) is 4.90. The van der Waals surface area contributed by atoms with Crippen LogP contribution in [0.1, 0.15) is 31.8 Å². The van der Waals surface area contributed by atoms with Gasteiger partial charge in [-0.2, -0.15) is 5.10 Å². The number of ether oxygens (including phenoxy) is 2. The second-order valence-corrected chi connectivity index (χ2v) is 8.42. The summed E-state index contributed by atoms with van der Waals surface area (Å²) in [4.78, 5) is 24.5. The van der Waals surface area contributed by atoms with Crippen LogP contribution in [0.25, 0.3) is 0 Å². The fourth-order valence-electron chi connectivity index (χ4n) is 3.09. The molecule has 0 saturated carbocycles. The van der Waals surface area contributed by atoms with Crippen LogP contribution in [0, 0.1) is 0 Å². The maximum absolute atomic E-state index is 12.4. The fourth-order valence-corrected chi connectivity index (χ4v) is 3.56. The largest absolute Gasteiger partial charge is 0.489 e. The first-order valence-corrected chi connectivity index (χ1v) is 11.6. The van der Waals surface area contributed by atoms with Gasteiger partial charge in [-0.05, 0) is 78.4 Å². The molecule has 0 unspecified atom stereocenters. The number of nitrogens with one attached hydrogen (secondary N) is 1. The van der Waals surface area contributed by atoms with Crippen molar-refractivity contribution in [3.63, 3.8) is 0 Å². The zero-order valence-corrected chi connectivity index (χ0v) is 20.4. The Balaban J connectivity index is 1.26. The number of halogens is 2. The highest BCUT2D eigenvalue weighted by atomic mass is 35.5. The molecule has 1 amide bonds. The third-order valence-electron chi connectivity index (χ3n) is 5.01. The van der Waals surface area contributed by atoms with E-state index in [9.17, 15) is 9.59 Å². The lowest BCUT2D eigenvalue weighted by Crippen LogP contribution is -2.17. The van der Waals surface area contributed by atoms with Crippen LogP contribution in [0.5, 0.6) is 11.5 Å². The Morgan fingerprint density at radius 3 is 2.19 bits per heavy atom. The van der Waals surface area contributed by atoms with Crippen molar-refractivity contribution in [2.24, 2.45) is 5.10 Å². The SMILES string of the molecule is O=C(N/N=C\c1ccc(OC(=O)c2ccccc2)cc1)c1ccc(OCc2ccc(Cl)cc2Cl)cc1. The van der Waals surface area contributed by atoms with Crippen LogP contribution in [0.4, 0.5) is 0 Å². The van der Waals surface area contributed by atoms with Crippen LogP contribution >= 0.6 is 23.2 Å². The first-order valence-electron chi connectivity index (χ1n) is 10.9. The van der Waals surface area contributed by atoms with Gasteiger partial charge in [0, 0.05) is 21.2 Å². The fraction of sp³-hybridized carbons (Fsp3) is 0.0357.